The van der Waals surface area contributed by atoms with Gasteiger partial charge in [-0.25, -0.2) is 0 Å². The lowest BCUT2D eigenvalue weighted by atomic mass is 9.93. The van der Waals surface area contributed by atoms with Crippen LogP contribution in [-0.2, 0) is 5.41 Å². The van der Waals surface area contributed by atoms with Gasteiger partial charge in [0.25, 0.3) is 11.8 Å². The van der Waals surface area contributed by atoms with Crippen molar-refractivity contribution in [3.63, 3.8) is 0 Å². The molecule has 136 valence electrons. The fourth-order valence-corrected chi connectivity index (χ4v) is 3.42. The molecule has 7 nitrogen and oxygen atoms in total. The fraction of sp³-hybridized carbons (Fsp3) is 0.474. The van der Waals surface area contributed by atoms with Crippen molar-refractivity contribution in [3.05, 3.63) is 47.3 Å². The first-order valence-corrected chi connectivity index (χ1v) is 9.08. The van der Waals surface area contributed by atoms with Gasteiger partial charge in [-0.3, -0.25) is 9.59 Å². The highest BCUT2D eigenvalue weighted by Gasteiger charge is 2.42. The number of hydrogen-bond donors (Lipinski definition) is 3. The van der Waals surface area contributed by atoms with Gasteiger partial charge in [0.1, 0.15) is 0 Å². The van der Waals surface area contributed by atoms with Crippen LogP contribution in [0.3, 0.4) is 0 Å². The number of rotatable bonds is 7. The van der Waals surface area contributed by atoms with Gasteiger partial charge in [0.2, 0.25) is 0 Å². The Morgan fingerprint density at radius 1 is 1.15 bits per heavy atom. The summed E-state index contributed by atoms with van der Waals surface area (Å²) in [7, 11) is 0. The number of benzene rings is 1. The number of aromatic nitrogens is 3. The Balaban J connectivity index is 1.25. The molecule has 1 aromatic heterocycles. The summed E-state index contributed by atoms with van der Waals surface area (Å²) in [5.74, 6) is 0.605. The maximum absolute atomic E-state index is 12.6. The van der Waals surface area contributed by atoms with Crippen molar-refractivity contribution >= 4 is 11.8 Å². The maximum atomic E-state index is 12.6. The molecule has 0 saturated heterocycles. The van der Waals surface area contributed by atoms with Crippen LogP contribution in [-0.4, -0.2) is 40.3 Å². The maximum Gasteiger partial charge on any atom is 0.273 e. The van der Waals surface area contributed by atoms with Crippen LogP contribution >= 0.6 is 0 Å². The van der Waals surface area contributed by atoms with E-state index in [4.69, 9.17) is 0 Å². The molecule has 2 aromatic rings. The predicted octanol–water partition coefficient (Wildman–Crippen LogP) is 1.65. The van der Waals surface area contributed by atoms with E-state index in [2.05, 4.69) is 39.0 Å². The van der Waals surface area contributed by atoms with Crippen LogP contribution in [0.5, 0.6) is 0 Å². The first-order valence-electron chi connectivity index (χ1n) is 9.08. The Morgan fingerprint density at radius 3 is 2.50 bits per heavy atom. The zero-order chi connectivity index (χ0) is 18.1. The molecular weight excluding hydrogens is 330 g/mol. The standard InChI is InChI=1S/C19H23N5O2/c1-19(6-7-19)15-5-3-2-4-14(15)17(25)20-9-12-8-13(12)10-21-18(26)16-11-22-24-23-16/h2-5,11-13H,6-10H2,1H3,(H,20,25)(H,21,26)(H,22,23,24)/t12-,13-/m0/s1. The van der Waals surface area contributed by atoms with Crippen molar-refractivity contribution in [3.8, 4) is 0 Å². The first kappa shape index (κ1) is 16.8. The molecule has 2 aliphatic rings. The third-order valence-electron chi connectivity index (χ3n) is 5.59. The Kier molecular flexibility index (Phi) is 4.22. The van der Waals surface area contributed by atoms with Crippen molar-refractivity contribution in [1.82, 2.24) is 26.0 Å². The van der Waals surface area contributed by atoms with Gasteiger partial charge in [-0.05, 0) is 48.1 Å². The van der Waals surface area contributed by atoms with Crippen molar-refractivity contribution in [1.29, 1.82) is 0 Å². The summed E-state index contributed by atoms with van der Waals surface area (Å²) in [6.07, 6.45) is 4.71. The van der Waals surface area contributed by atoms with Crippen molar-refractivity contribution in [2.75, 3.05) is 13.1 Å². The van der Waals surface area contributed by atoms with Gasteiger partial charge >= 0.3 is 0 Å². The average molecular weight is 353 g/mol. The van der Waals surface area contributed by atoms with Gasteiger partial charge in [-0.2, -0.15) is 15.4 Å². The van der Waals surface area contributed by atoms with E-state index in [0.29, 0.717) is 30.6 Å². The topological polar surface area (TPSA) is 99.8 Å². The molecule has 0 aliphatic heterocycles. The minimum Gasteiger partial charge on any atom is -0.352 e. The number of carbonyl (C=O) groups is 2. The van der Waals surface area contributed by atoms with Crippen molar-refractivity contribution < 1.29 is 9.59 Å². The largest absolute Gasteiger partial charge is 0.352 e. The molecule has 3 N–H and O–H groups in total. The summed E-state index contributed by atoms with van der Waals surface area (Å²) < 4.78 is 0. The molecule has 0 radical (unpaired) electrons. The zero-order valence-corrected chi connectivity index (χ0v) is 14.8. The highest BCUT2D eigenvalue weighted by Crippen LogP contribution is 2.48. The highest BCUT2D eigenvalue weighted by molar-refractivity contribution is 5.96. The van der Waals surface area contributed by atoms with E-state index >= 15 is 0 Å². The van der Waals surface area contributed by atoms with E-state index in [1.165, 1.54) is 6.20 Å². The molecule has 1 heterocycles. The molecule has 4 rings (SSSR count). The minimum absolute atomic E-state index is 0.00556. The molecule has 2 atom stereocenters. The number of aromatic amines is 1. The van der Waals surface area contributed by atoms with E-state index < -0.39 is 0 Å². The number of amides is 2. The van der Waals surface area contributed by atoms with E-state index in [1.54, 1.807) is 0 Å². The quantitative estimate of drug-likeness (QED) is 0.705. The summed E-state index contributed by atoms with van der Waals surface area (Å²) in [4.78, 5) is 24.4. The van der Waals surface area contributed by atoms with Crippen LogP contribution in [0.15, 0.2) is 30.5 Å². The van der Waals surface area contributed by atoms with Gasteiger partial charge in [0.05, 0.1) is 6.20 Å². The summed E-state index contributed by atoms with van der Waals surface area (Å²) in [6.45, 7) is 3.46. The third kappa shape index (κ3) is 3.47. The minimum atomic E-state index is -0.222. The molecule has 2 aliphatic carbocycles. The summed E-state index contributed by atoms with van der Waals surface area (Å²) in [5.41, 5.74) is 2.41. The molecule has 26 heavy (non-hydrogen) atoms. The van der Waals surface area contributed by atoms with Crippen molar-refractivity contribution in [2.45, 2.75) is 31.6 Å². The molecular formula is C19H23N5O2. The molecule has 0 spiro atoms. The van der Waals surface area contributed by atoms with Crippen LogP contribution in [0.4, 0.5) is 0 Å². The zero-order valence-electron chi connectivity index (χ0n) is 14.8. The first-order chi connectivity index (χ1) is 12.6. The van der Waals surface area contributed by atoms with Gasteiger partial charge in [-0.15, -0.1) is 0 Å². The molecule has 2 fully saturated rings. The van der Waals surface area contributed by atoms with Crippen LogP contribution in [0.2, 0.25) is 0 Å². The average Bonchev–Trinajstić information content (AvgIpc) is 3.53. The van der Waals surface area contributed by atoms with Gasteiger partial charge < -0.3 is 10.6 Å². The molecule has 0 unspecified atom stereocenters. The Labute approximate surface area is 151 Å². The second kappa shape index (κ2) is 6.55. The molecule has 2 saturated carbocycles. The van der Waals surface area contributed by atoms with Crippen LogP contribution in [0.25, 0.3) is 0 Å². The Hall–Kier alpha value is -2.70. The number of carbonyl (C=O) groups excluding carboxylic acids is 2. The predicted molar refractivity (Wildman–Crippen MR) is 95.7 cm³/mol. The van der Waals surface area contributed by atoms with E-state index in [1.807, 2.05) is 18.2 Å². The molecule has 1 aromatic carbocycles. The number of H-pyrrole nitrogens is 1. The van der Waals surface area contributed by atoms with Gasteiger partial charge in [-0.1, -0.05) is 25.1 Å². The lowest BCUT2D eigenvalue weighted by Gasteiger charge is -2.15. The molecule has 2 amide bonds. The lowest BCUT2D eigenvalue weighted by molar-refractivity contribution is 0.0935. The Morgan fingerprint density at radius 2 is 1.85 bits per heavy atom. The highest BCUT2D eigenvalue weighted by atomic mass is 16.2. The summed E-state index contributed by atoms with van der Waals surface area (Å²) >= 11 is 0. The summed E-state index contributed by atoms with van der Waals surface area (Å²) in [6, 6.07) is 7.91. The second-order valence-electron chi connectivity index (χ2n) is 7.64. The monoisotopic (exact) mass is 353 g/mol. The van der Waals surface area contributed by atoms with Gasteiger partial charge in [0.15, 0.2) is 5.69 Å². The lowest BCUT2D eigenvalue weighted by Crippen LogP contribution is -2.30. The number of nitrogens with zero attached hydrogens (tertiary/aromatic N) is 2. The van der Waals surface area contributed by atoms with Crippen LogP contribution in [0.1, 0.15) is 52.6 Å². The summed E-state index contributed by atoms with van der Waals surface area (Å²) in [5, 5.41) is 15.7. The van der Waals surface area contributed by atoms with E-state index in [-0.39, 0.29) is 17.2 Å². The fourth-order valence-electron chi connectivity index (χ4n) is 3.42. The Bertz CT molecular complexity index is 813. The number of nitrogens with one attached hydrogen (secondary N) is 3. The van der Waals surface area contributed by atoms with E-state index in [9.17, 15) is 9.59 Å². The molecule has 0 bridgehead atoms. The van der Waals surface area contributed by atoms with Crippen LogP contribution < -0.4 is 10.6 Å². The number of hydrogen-bond acceptors (Lipinski definition) is 4. The molecule has 7 heteroatoms. The smallest absolute Gasteiger partial charge is 0.273 e. The van der Waals surface area contributed by atoms with Gasteiger partial charge in [0, 0.05) is 18.7 Å². The normalized spacial score (nSPS) is 22.5. The SMILES string of the molecule is CC1(c2ccccc2C(=O)NC[C@@H]2C[C@H]2CNC(=O)c2cn[nH]n2)CC1. The van der Waals surface area contributed by atoms with Crippen molar-refractivity contribution in [2.24, 2.45) is 11.8 Å². The second-order valence-corrected chi connectivity index (χ2v) is 7.64. The van der Waals surface area contributed by atoms with E-state index in [0.717, 1.165) is 30.4 Å². The third-order valence-corrected chi connectivity index (χ3v) is 5.59. The van der Waals surface area contributed by atoms with Crippen LogP contribution in [0, 0.1) is 11.8 Å².